The topological polar surface area (TPSA) is 81.9 Å². The molecule has 1 N–H and O–H groups in total. The Morgan fingerprint density at radius 2 is 1.96 bits per heavy atom. The number of anilines is 1. The third-order valence-electron chi connectivity index (χ3n) is 3.84. The molecule has 1 amide bonds. The van der Waals surface area contributed by atoms with E-state index in [-0.39, 0.29) is 11.9 Å². The van der Waals surface area contributed by atoms with E-state index < -0.39 is 0 Å². The predicted molar refractivity (Wildman–Crippen MR) is 85.5 cm³/mol. The zero-order chi connectivity index (χ0) is 16.1. The summed E-state index contributed by atoms with van der Waals surface area (Å²) in [5, 5.41) is 12.0. The van der Waals surface area contributed by atoms with Gasteiger partial charge in [0.2, 0.25) is 11.9 Å². The number of rotatable bonds is 5. The molecule has 1 fully saturated rings. The third-order valence-corrected chi connectivity index (χ3v) is 3.84. The zero-order valence-electron chi connectivity index (χ0n) is 12.6. The molecule has 0 atom stereocenters. The highest BCUT2D eigenvalue weighted by atomic mass is 16.2. The summed E-state index contributed by atoms with van der Waals surface area (Å²) in [6, 6.07) is 11.4. The lowest BCUT2D eigenvalue weighted by molar-refractivity contribution is -0.135. The smallest absolute Gasteiger partial charge is 0.223 e. The van der Waals surface area contributed by atoms with E-state index in [1.54, 1.807) is 30.6 Å². The molecule has 1 aromatic carbocycles. The molecule has 1 aliphatic rings. The minimum absolute atomic E-state index is 0.154. The van der Waals surface area contributed by atoms with Gasteiger partial charge in [0.25, 0.3) is 0 Å². The first-order chi connectivity index (χ1) is 11.2. The van der Waals surface area contributed by atoms with Gasteiger partial charge < -0.3 is 10.2 Å². The second-order valence-electron chi connectivity index (χ2n) is 5.52. The van der Waals surface area contributed by atoms with E-state index in [9.17, 15) is 4.79 Å². The summed E-state index contributed by atoms with van der Waals surface area (Å²) in [5.41, 5.74) is 1.71. The van der Waals surface area contributed by atoms with Crippen molar-refractivity contribution in [2.45, 2.75) is 18.9 Å². The number of carbonyl (C=O) groups is 1. The summed E-state index contributed by atoms with van der Waals surface area (Å²) in [5.74, 6) is 0.753. The van der Waals surface area contributed by atoms with Crippen molar-refractivity contribution in [1.82, 2.24) is 14.9 Å². The first-order valence-electron chi connectivity index (χ1n) is 7.55. The van der Waals surface area contributed by atoms with Gasteiger partial charge in [-0.3, -0.25) is 4.79 Å². The highest BCUT2D eigenvalue weighted by Gasteiger charge is 2.30. The lowest BCUT2D eigenvalue weighted by atomic mass is 10.0. The van der Waals surface area contributed by atoms with E-state index in [0.717, 1.165) is 5.56 Å². The monoisotopic (exact) mass is 307 g/mol. The van der Waals surface area contributed by atoms with Gasteiger partial charge in [0, 0.05) is 31.9 Å². The number of nitrogens with one attached hydrogen (secondary N) is 1. The molecule has 0 bridgehead atoms. The van der Waals surface area contributed by atoms with Crippen LogP contribution in [0, 0.1) is 11.3 Å². The van der Waals surface area contributed by atoms with Crippen molar-refractivity contribution in [2.75, 3.05) is 18.4 Å². The number of amides is 1. The van der Waals surface area contributed by atoms with Crippen LogP contribution in [0.15, 0.2) is 42.7 Å². The van der Waals surface area contributed by atoms with Crippen LogP contribution in [0.1, 0.15) is 17.5 Å². The van der Waals surface area contributed by atoms with Crippen molar-refractivity contribution in [3.05, 3.63) is 53.9 Å². The van der Waals surface area contributed by atoms with E-state index in [1.165, 1.54) is 0 Å². The van der Waals surface area contributed by atoms with Crippen LogP contribution in [-0.2, 0) is 11.2 Å². The minimum Gasteiger partial charge on any atom is -0.348 e. The molecule has 0 saturated carbocycles. The maximum absolute atomic E-state index is 12.1. The number of aromatic nitrogens is 2. The first-order valence-corrected chi connectivity index (χ1v) is 7.55. The molecule has 3 rings (SSSR count). The number of carbonyl (C=O) groups excluding carboxylic acids is 1. The average molecular weight is 307 g/mol. The van der Waals surface area contributed by atoms with Crippen LogP contribution in [0.25, 0.3) is 0 Å². The molecule has 6 nitrogen and oxygen atoms in total. The molecule has 0 unspecified atom stereocenters. The number of hydrogen-bond acceptors (Lipinski definition) is 5. The van der Waals surface area contributed by atoms with Gasteiger partial charge in [0.05, 0.1) is 17.7 Å². The van der Waals surface area contributed by atoms with Crippen LogP contribution < -0.4 is 5.32 Å². The molecule has 6 heteroatoms. The van der Waals surface area contributed by atoms with Crippen LogP contribution in [0.4, 0.5) is 5.95 Å². The Hall–Kier alpha value is -2.94. The van der Waals surface area contributed by atoms with Gasteiger partial charge in [-0.25, -0.2) is 9.97 Å². The Morgan fingerprint density at radius 1 is 1.26 bits per heavy atom. The maximum atomic E-state index is 12.1. The lowest BCUT2D eigenvalue weighted by Crippen LogP contribution is -2.57. The summed E-state index contributed by atoms with van der Waals surface area (Å²) >= 11 is 0. The number of nitrogens with zero attached hydrogens (tertiary/aromatic N) is 4. The van der Waals surface area contributed by atoms with E-state index in [1.807, 2.05) is 17.0 Å². The molecule has 23 heavy (non-hydrogen) atoms. The molecular weight excluding hydrogens is 290 g/mol. The standard InChI is InChI=1S/C17H17N5O/c18-10-14-4-2-13(3-5-14)6-7-16(23)22-11-15(12-22)21-17-19-8-1-9-20-17/h1-5,8-9,15H,6-7,11-12H2,(H,19,20,21). The maximum Gasteiger partial charge on any atom is 0.223 e. The molecule has 1 saturated heterocycles. The van der Waals surface area contributed by atoms with Crippen molar-refractivity contribution in [3.63, 3.8) is 0 Å². The molecule has 1 aliphatic heterocycles. The van der Waals surface area contributed by atoms with Crippen LogP contribution in [0.2, 0.25) is 0 Å². The van der Waals surface area contributed by atoms with Crippen LogP contribution in [0.3, 0.4) is 0 Å². The molecule has 2 heterocycles. The SMILES string of the molecule is N#Cc1ccc(CCC(=O)N2CC(Nc3ncccn3)C2)cc1. The molecule has 2 aromatic rings. The van der Waals surface area contributed by atoms with Crippen molar-refractivity contribution in [2.24, 2.45) is 0 Å². The lowest BCUT2D eigenvalue weighted by Gasteiger charge is -2.39. The average Bonchev–Trinajstić information content (AvgIpc) is 2.57. The van der Waals surface area contributed by atoms with Gasteiger partial charge in [-0.1, -0.05) is 12.1 Å². The van der Waals surface area contributed by atoms with E-state index >= 15 is 0 Å². The number of nitriles is 1. The van der Waals surface area contributed by atoms with Crippen LogP contribution >= 0.6 is 0 Å². The number of likely N-dealkylation sites (tertiary alicyclic amines) is 1. The normalized spacial score (nSPS) is 14.0. The van der Waals surface area contributed by atoms with E-state index in [0.29, 0.717) is 37.4 Å². The Balaban J connectivity index is 1.41. The Kier molecular flexibility index (Phi) is 4.48. The fourth-order valence-corrected chi connectivity index (χ4v) is 2.49. The van der Waals surface area contributed by atoms with Gasteiger partial charge in [-0.05, 0) is 30.2 Å². The van der Waals surface area contributed by atoms with Crippen molar-refractivity contribution in [3.8, 4) is 6.07 Å². The number of benzene rings is 1. The molecular formula is C17H17N5O. The molecule has 0 radical (unpaired) electrons. The van der Waals surface area contributed by atoms with Gasteiger partial charge in [-0.15, -0.1) is 0 Å². The largest absolute Gasteiger partial charge is 0.348 e. The van der Waals surface area contributed by atoms with Crippen molar-refractivity contribution >= 4 is 11.9 Å². The zero-order valence-corrected chi connectivity index (χ0v) is 12.6. The van der Waals surface area contributed by atoms with Gasteiger partial charge in [0.15, 0.2) is 0 Å². The van der Waals surface area contributed by atoms with Gasteiger partial charge in [-0.2, -0.15) is 5.26 Å². The Bertz CT molecular complexity index is 702. The van der Waals surface area contributed by atoms with E-state index in [2.05, 4.69) is 21.4 Å². The van der Waals surface area contributed by atoms with E-state index in [4.69, 9.17) is 5.26 Å². The van der Waals surface area contributed by atoms with Gasteiger partial charge in [0.1, 0.15) is 0 Å². The Labute approximate surface area is 134 Å². The molecule has 1 aromatic heterocycles. The van der Waals surface area contributed by atoms with Crippen LogP contribution in [0.5, 0.6) is 0 Å². The quantitative estimate of drug-likeness (QED) is 0.907. The highest BCUT2D eigenvalue weighted by Crippen LogP contribution is 2.15. The fraction of sp³-hybridized carbons (Fsp3) is 0.294. The summed E-state index contributed by atoms with van der Waals surface area (Å²) in [6.07, 6.45) is 4.56. The second-order valence-corrected chi connectivity index (χ2v) is 5.52. The second kappa shape index (κ2) is 6.88. The van der Waals surface area contributed by atoms with Crippen molar-refractivity contribution < 1.29 is 4.79 Å². The summed E-state index contributed by atoms with van der Waals surface area (Å²) in [4.78, 5) is 22.2. The summed E-state index contributed by atoms with van der Waals surface area (Å²) < 4.78 is 0. The Morgan fingerprint density at radius 3 is 2.61 bits per heavy atom. The van der Waals surface area contributed by atoms with Gasteiger partial charge >= 0.3 is 0 Å². The highest BCUT2D eigenvalue weighted by molar-refractivity contribution is 5.77. The third kappa shape index (κ3) is 3.83. The number of hydrogen-bond donors (Lipinski definition) is 1. The minimum atomic E-state index is 0.154. The van der Waals surface area contributed by atoms with Crippen molar-refractivity contribution in [1.29, 1.82) is 5.26 Å². The molecule has 0 spiro atoms. The number of aryl methyl sites for hydroxylation is 1. The first kappa shape index (κ1) is 15.0. The van der Waals surface area contributed by atoms with Crippen LogP contribution in [-0.4, -0.2) is 39.9 Å². The molecule has 0 aliphatic carbocycles. The summed E-state index contributed by atoms with van der Waals surface area (Å²) in [7, 11) is 0. The molecule has 116 valence electrons. The predicted octanol–water partition coefficient (Wildman–Crippen LogP) is 1.60. The fourth-order valence-electron chi connectivity index (χ4n) is 2.49. The summed E-state index contributed by atoms with van der Waals surface area (Å²) in [6.45, 7) is 1.37.